The third kappa shape index (κ3) is 5.64. The number of unbranched alkanes of at least 4 members (excludes halogenated alkanes) is 2. The van der Waals surface area contributed by atoms with E-state index >= 15 is 0 Å². The summed E-state index contributed by atoms with van der Waals surface area (Å²) in [5.41, 5.74) is 5.96. The van der Waals surface area contributed by atoms with E-state index in [0.29, 0.717) is 82.0 Å². The van der Waals surface area contributed by atoms with Crippen LogP contribution in [0, 0.1) is 19.7 Å². The highest BCUT2D eigenvalue weighted by molar-refractivity contribution is 6.35. The summed E-state index contributed by atoms with van der Waals surface area (Å²) >= 11 is 0. The maximum absolute atomic E-state index is 13.8. The first-order valence-electron chi connectivity index (χ1n) is 15.3. The number of hydrogen-bond acceptors (Lipinski definition) is 5. The number of nitrogens with one attached hydrogen (secondary N) is 4. The summed E-state index contributed by atoms with van der Waals surface area (Å²) in [6, 6.07) is 8.53. The first-order valence-corrected chi connectivity index (χ1v) is 15.3. The summed E-state index contributed by atoms with van der Waals surface area (Å²) in [5.74, 6) is -2.28. The van der Waals surface area contributed by atoms with Crippen molar-refractivity contribution in [2.75, 3.05) is 11.9 Å². The number of aromatic nitrogens is 1. The van der Waals surface area contributed by atoms with Crippen LogP contribution in [0.4, 0.5) is 10.1 Å². The van der Waals surface area contributed by atoms with Crippen LogP contribution in [0.15, 0.2) is 48.7 Å². The number of piperidine rings is 1. The third-order valence-electron chi connectivity index (χ3n) is 8.80. The van der Waals surface area contributed by atoms with Gasteiger partial charge in [0.2, 0.25) is 5.91 Å². The van der Waals surface area contributed by atoms with E-state index in [1.54, 1.807) is 32.1 Å². The number of carbonyl (C=O) groups excluding carboxylic acids is 5. The standard InChI is InChI=1S/C35H34FN5O5/c1-18-8-13-29(32(43)38-18)41-34(45)23-11-9-21(15-26(23)35(41)46)7-5-4-6-14-37-33(44)30-19(2)28(39-20(30)3)17-25-24-16-22(36)10-12-27(24)40-31(25)42/h9-12,15-17,29,39H,1,4-8,13-14H2,2-3H3,(H,37,44)(H,38,43)(H,40,42)/b25-17-. The van der Waals surface area contributed by atoms with Gasteiger partial charge in [-0.2, -0.15) is 0 Å². The molecule has 46 heavy (non-hydrogen) atoms. The molecule has 3 aromatic rings. The smallest absolute Gasteiger partial charge is 0.262 e. The van der Waals surface area contributed by atoms with Gasteiger partial charge < -0.3 is 20.9 Å². The Labute approximate surface area is 265 Å². The van der Waals surface area contributed by atoms with Gasteiger partial charge in [0.25, 0.3) is 23.6 Å². The van der Waals surface area contributed by atoms with E-state index in [2.05, 4.69) is 27.5 Å². The fourth-order valence-corrected chi connectivity index (χ4v) is 6.38. The number of nitrogens with zero attached hydrogens (tertiary/aromatic N) is 1. The number of fused-ring (bicyclic) bond motifs is 2. The van der Waals surface area contributed by atoms with E-state index in [1.807, 2.05) is 6.07 Å². The van der Waals surface area contributed by atoms with Crippen LogP contribution < -0.4 is 16.0 Å². The van der Waals surface area contributed by atoms with Gasteiger partial charge in [0.05, 0.1) is 22.3 Å². The van der Waals surface area contributed by atoms with Gasteiger partial charge in [-0.05, 0) is 93.5 Å². The average molecular weight is 624 g/mol. The molecule has 3 aliphatic rings. The third-order valence-corrected chi connectivity index (χ3v) is 8.80. The van der Waals surface area contributed by atoms with E-state index in [1.165, 1.54) is 18.2 Å². The molecule has 10 nitrogen and oxygen atoms in total. The number of benzene rings is 2. The molecule has 1 aromatic heterocycles. The van der Waals surface area contributed by atoms with E-state index in [-0.39, 0.29) is 17.7 Å². The Morgan fingerprint density at radius 1 is 1.00 bits per heavy atom. The van der Waals surface area contributed by atoms with Gasteiger partial charge in [0, 0.05) is 34.9 Å². The van der Waals surface area contributed by atoms with E-state index in [0.717, 1.165) is 29.7 Å². The second kappa shape index (κ2) is 12.2. The quantitative estimate of drug-likeness (QED) is 0.154. The number of amides is 5. The summed E-state index contributed by atoms with van der Waals surface area (Å²) in [6.45, 7) is 7.82. The minimum atomic E-state index is -0.837. The summed E-state index contributed by atoms with van der Waals surface area (Å²) in [4.78, 5) is 68.4. The lowest BCUT2D eigenvalue weighted by molar-refractivity contribution is -0.125. The topological polar surface area (TPSA) is 140 Å². The molecule has 236 valence electrons. The first kappa shape index (κ1) is 30.7. The predicted molar refractivity (Wildman–Crippen MR) is 170 cm³/mol. The zero-order valence-electron chi connectivity index (χ0n) is 25.6. The maximum Gasteiger partial charge on any atom is 0.262 e. The minimum Gasteiger partial charge on any atom is -0.358 e. The molecule has 1 unspecified atom stereocenters. The normalized spacial score (nSPS) is 18.2. The van der Waals surface area contributed by atoms with Crippen molar-refractivity contribution in [2.45, 2.75) is 58.4 Å². The number of imide groups is 1. The van der Waals surface area contributed by atoms with Crippen LogP contribution in [0.5, 0.6) is 0 Å². The van der Waals surface area contributed by atoms with Crippen molar-refractivity contribution in [2.24, 2.45) is 0 Å². The number of hydrogen-bond donors (Lipinski definition) is 4. The van der Waals surface area contributed by atoms with Gasteiger partial charge in [0.1, 0.15) is 11.9 Å². The van der Waals surface area contributed by atoms with Gasteiger partial charge in [-0.25, -0.2) is 4.39 Å². The van der Waals surface area contributed by atoms with Crippen LogP contribution in [0.3, 0.4) is 0 Å². The van der Waals surface area contributed by atoms with Crippen LogP contribution in [-0.2, 0) is 16.0 Å². The molecule has 0 radical (unpaired) electrons. The van der Waals surface area contributed by atoms with Crippen molar-refractivity contribution in [3.05, 3.63) is 99.3 Å². The number of rotatable bonds is 9. The molecule has 0 aliphatic carbocycles. The molecular weight excluding hydrogens is 589 g/mol. The van der Waals surface area contributed by atoms with Crippen molar-refractivity contribution in [3.63, 3.8) is 0 Å². The molecule has 1 saturated heterocycles. The Morgan fingerprint density at radius 2 is 1.78 bits per heavy atom. The van der Waals surface area contributed by atoms with Crippen molar-refractivity contribution >= 4 is 46.9 Å². The van der Waals surface area contributed by atoms with Gasteiger partial charge >= 0.3 is 0 Å². The zero-order valence-corrected chi connectivity index (χ0v) is 25.6. The van der Waals surface area contributed by atoms with Crippen LogP contribution >= 0.6 is 0 Å². The van der Waals surface area contributed by atoms with Crippen molar-refractivity contribution in [1.82, 2.24) is 20.5 Å². The van der Waals surface area contributed by atoms with Crippen LogP contribution in [0.25, 0.3) is 11.6 Å². The van der Waals surface area contributed by atoms with Gasteiger partial charge in [-0.15, -0.1) is 0 Å². The van der Waals surface area contributed by atoms with E-state index < -0.39 is 23.7 Å². The summed E-state index contributed by atoms with van der Waals surface area (Å²) in [6.07, 6.45) is 5.60. The van der Waals surface area contributed by atoms with Crippen LogP contribution in [0.1, 0.15) is 91.3 Å². The number of aryl methyl sites for hydroxylation is 2. The Morgan fingerprint density at radius 3 is 2.57 bits per heavy atom. The molecule has 6 rings (SSSR count). The van der Waals surface area contributed by atoms with Gasteiger partial charge in [-0.1, -0.05) is 19.1 Å². The molecule has 4 heterocycles. The number of halogens is 1. The average Bonchev–Trinajstić information content (AvgIpc) is 3.57. The maximum atomic E-state index is 13.8. The lowest BCUT2D eigenvalue weighted by Crippen LogP contribution is -2.51. The Hall–Kier alpha value is -5.32. The molecule has 0 spiro atoms. The van der Waals surface area contributed by atoms with E-state index in [9.17, 15) is 28.4 Å². The minimum absolute atomic E-state index is 0.222. The molecule has 3 aliphatic heterocycles. The van der Waals surface area contributed by atoms with Crippen LogP contribution in [0.2, 0.25) is 0 Å². The number of allylic oxidation sites excluding steroid dienone is 1. The Bertz CT molecular complexity index is 1870. The summed E-state index contributed by atoms with van der Waals surface area (Å²) in [7, 11) is 0. The van der Waals surface area contributed by atoms with Crippen molar-refractivity contribution in [3.8, 4) is 0 Å². The second-order valence-electron chi connectivity index (χ2n) is 11.9. The van der Waals surface area contributed by atoms with Crippen molar-refractivity contribution in [1.29, 1.82) is 0 Å². The number of carbonyl (C=O) groups is 5. The largest absolute Gasteiger partial charge is 0.358 e. The van der Waals surface area contributed by atoms with Gasteiger partial charge in [0.15, 0.2) is 0 Å². The highest BCUT2D eigenvalue weighted by Crippen LogP contribution is 2.34. The molecule has 0 bridgehead atoms. The highest BCUT2D eigenvalue weighted by Gasteiger charge is 2.44. The zero-order chi connectivity index (χ0) is 32.7. The molecule has 11 heteroatoms. The number of H-pyrrole nitrogens is 1. The lowest BCUT2D eigenvalue weighted by atomic mass is 10.0. The molecule has 2 aromatic carbocycles. The second-order valence-corrected chi connectivity index (χ2v) is 11.9. The van der Waals surface area contributed by atoms with E-state index in [4.69, 9.17) is 0 Å². The summed E-state index contributed by atoms with van der Waals surface area (Å²) in [5, 5.41) is 8.34. The van der Waals surface area contributed by atoms with Gasteiger partial charge in [-0.3, -0.25) is 28.9 Å². The Kier molecular flexibility index (Phi) is 8.16. The predicted octanol–water partition coefficient (Wildman–Crippen LogP) is 4.79. The molecule has 4 N–H and O–H groups in total. The lowest BCUT2D eigenvalue weighted by Gasteiger charge is -2.29. The SMILES string of the molecule is C=C1CCC(N2C(=O)c3ccc(CCCCCNC(=O)c4c(C)[nH]c(/C=C5\C(=O)Nc6ccc(F)cc65)c4C)cc3C2=O)C(=O)N1. The fourth-order valence-electron chi connectivity index (χ4n) is 6.38. The molecule has 5 amide bonds. The monoisotopic (exact) mass is 623 g/mol. The molecule has 1 atom stereocenters. The number of anilines is 1. The van der Waals surface area contributed by atoms with Crippen molar-refractivity contribution < 1.29 is 28.4 Å². The summed E-state index contributed by atoms with van der Waals surface area (Å²) < 4.78 is 13.8. The molecule has 1 fully saturated rings. The number of aromatic amines is 1. The molecular formula is C35H34FN5O5. The highest BCUT2D eigenvalue weighted by atomic mass is 19.1. The fraction of sp³-hybridized carbons (Fsp3) is 0.286. The Balaban J connectivity index is 1.01. The van der Waals surface area contributed by atoms with Crippen LogP contribution in [-0.4, -0.2) is 52.0 Å². The first-order chi connectivity index (χ1) is 22.0. The molecule has 0 saturated carbocycles.